The number of nitriles is 1. The van der Waals surface area contributed by atoms with E-state index < -0.39 is 23.5 Å². The first-order valence-electron chi connectivity index (χ1n) is 6.82. The summed E-state index contributed by atoms with van der Waals surface area (Å²) >= 11 is 1.08. The first-order chi connectivity index (χ1) is 11.7. The molecular weight excluding hydrogens is 377 g/mol. The van der Waals surface area contributed by atoms with Crippen molar-refractivity contribution < 1.29 is 22.8 Å². The van der Waals surface area contributed by atoms with E-state index in [2.05, 4.69) is 16.0 Å². The molecule has 3 N–H and O–H groups in total. The van der Waals surface area contributed by atoms with E-state index in [1.165, 1.54) is 36.0 Å². The second-order valence-electron chi connectivity index (χ2n) is 4.55. The minimum absolute atomic E-state index is 0.00500. The molecule has 1 unspecified atom stereocenters. The number of nitrogens with zero attached hydrogens (tertiary/aromatic N) is 1. The van der Waals surface area contributed by atoms with Crippen LogP contribution in [-0.4, -0.2) is 42.0 Å². The number of urea groups is 1. The lowest BCUT2D eigenvalue weighted by Gasteiger charge is -2.17. The number of carbonyl (C=O) groups is 2. The molecule has 136 valence electrons. The number of alkyl halides is 3. The highest BCUT2D eigenvalue weighted by molar-refractivity contribution is 8.00. The SMILES string of the molecule is CSCC(NC(=O)Nc1ccc(SC(F)(F)F)cc1)C(=O)NCC#N. The zero-order chi connectivity index (χ0) is 18.9. The number of hydrogen-bond donors (Lipinski definition) is 3. The Balaban J connectivity index is 2.61. The van der Waals surface area contributed by atoms with E-state index in [-0.39, 0.29) is 28.9 Å². The van der Waals surface area contributed by atoms with Crippen LogP contribution in [0.2, 0.25) is 0 Å². The third-order valence-electron chi connectivity index (χ3n) is 2.64. The van der Waals surface area contributed by atoms with Gasteiger partial charge >= 0.3 is 11.5 Å². The zero-order valence-corrected chi connectivity index (χ0v) is 14.6. The molecule has 0 aromatic heterocycles. The Hall–Kier alpha value is -2.06. The molecule has 0 saturated carbocycles. The second-order valence-corrected chi connectivity index (χ2v) is 6.60. The van der Waals surface area contributed by atoms with Crippen molar-refractivity contribution in [1.29, 1.82) is 5.26 Å². The summed E-state index contributed by atoms with van der Waals surface area (Å²) < 4.78 is 36.8. The van der Waals surface area contributed by atoms with Crippen LogP contribution in [0.25, 0.3) is 0 Å². The summed E-state index contributed by atoms with van der Waals surface area (Å²) in [6.45, 7) is -0.175. The van der Waals surface area contributed by atoms with Crippen molar-refractivity contribution in [2.45, 2.75) is 16.4 Å². The van der Waals surface area contributed by atoms with E-state index in [9.17, 15) is 22.8 Å². The first kappa shape index (κ1) is 21.0. The summed E-state index contributed by atoms with van der Waals surface area (Å²) in [6.07, 6.45) is 1.75. The van der Waals surface area contributed by atoms with Crippen molar-refractivity contribution in [2.75, 3.05) is 23.9 Å². The van der Waals surface area contributed by atoms with Crippen LogP contribution >= 0.6 is 23.5 Å². The number of benzene rings is 1. The molecule has 0 aliphatic carbocycles. The number of carbonyl (C=O) groups excluding carboxylic acids is 2. The molecule has 1 atom stereocenters. The van der Waals surface area contributed by atoms with Crippen molar-refractivity contribution in [3.63, 3.8) is 0 Å². The van der Waals surface area contributed by atoms with Crippen LogP contribution in [0.5, 0.6) is 0 Å². The van der Waals surface area contributed by atoms with E-state index in [0.29, 0.717) is 5.75 Å². The number of amides is 3. The molecule has 25 heavy (non-hydrogen) atoms. The fourth-order valence-electron chi connectivity index (χ4n) is 1.66. The highest BCUT2D eigenvalue weighted by Gasteiger charge is 2.29. The maximum atomic E-state index is 12.3. The quantitative estimate of drug-likeness (QED) is 0.490. The molecule has 0 saturated heterocycles. The maximum absolute atomic E-state index is 12.3. The van der Waals surface area contributed by atoms with Crippen molar-refractivity contribution in [3.8, 4) is 6.07 Å². The van der Waals surface area contributed by atoms with Crippen LogP contribution in [0, 0.1) is 11.3 Å². The number of nitrogens with one attached hydrogen (secondary N) is 3. The van der Waals surface area contributed by atoms with Gasteiger partial charge in [0, 0.05) is 16.3 Å². The van der Waals surface area contributed by atoms with Crippen molar-refractivity contribution in [2.24, 2.45) is 0 Å². The van der Waals surface area contributed by atoms with Crippen LogP contribution in [-0.2, 0) is 4.79 Å². The Kier molecular flexibility index (Phi) is 8.44. The largest absolute Gasteiger partial charge is 0.446 e. The van der Waals surface area contributed by atoms with Gasteiger partial charge < -0.3 is 16.0 Å². The Morgan fingerprint density at radius 1 is 1.28 bits per heavy atom. The molecule has 0 aliphatic heterocycles. The third-order valence-corrected chi connectivity index (χ3v) is 4.05. The van der Waals surface area contributed by atoms with Gasteiger partial charge in [0.1, 0.15) is 12.6 Å². The lowest BCUT2D eigenvalue weighted by atomic mass is 10.3. The molecule has 0 heterocycles. The van der Waals surface area contributed by atoms with E-state index >= 15 is 0 Å². The van der Waals surface area contributed by atoms with Crippen LogP contribution in [0.3, 0.4) is 0 Å². The van der Waals surface area contributed by atoms with Gasteiger partial charge in [-0.3, -0.25) is 4.79 Å². The van der Waals surface area contributed by atoms with Crippen LogP contribution < -0.4 is 16.0 Å². The van der Waals surface area contributed by atoms with Gasteiger partial charge in [0.2, 0.25) is 5.91 Å². The summed E-state index contributed by atoms with van der Waals surface area (Å²) in [4.78, 5) is 23.8. The highest BCUT2D eigenvalue weighted by Crippen LogP contribution is 2.36. The van der Waals surface area contributed by atoms with Gasteiger partial charge in [-0.05, 0) is 42.3 Å². The Labute approximate surface area is 150 Å². The molecule has 3 amide bonds. The van der Waals surface area contributed by atoms with E-state index in [1.54, 1.807) is 12.3 Å². The van der Waals surface area contributed by atoms with Gasteiger partial charge in [0.05, 0.1) is 6.07 Å². The van der Waals surface area contributed by atoms with Gasteiger partial charge in [-0.15, -0.1) is 0 Å². The lowest BCUT2D eigenvalue weighted by molar-refractivity contribution is -0.122. The molecule has 1 aromatic rings. The smallest absolute Gasteiger partial charge is 0.341 e. The first-order valence-corrected chi connectivity index (χ1v) is 9.03. The average Bonchev–Trinajstić information content (AvgIpc) is 2.52. The number of anilines is 1. The topological polar surface area (TPSA) is 94.0 Å². The Morgan fingerprint density at radius 3 is 2.44 bits per heavy atom. The van der Waals surface area contributed by atoms with Gasteiger partial charge in [0.25, 0.3) is 0 Å². The van der Waals surface area contributed by atoms with Crippen molar-refractivity contribution in [1.82, 2.24) is 10.6 Å². The Bertz CT molecular complexity index is 632. The summed E-state index contributed by atoms with van der Waals surface area (Å²) in [5.74, 6) is -0.200. The normalized spacial score (nSPS) is 12.0. The molecule has 6 nitrogen and oxygen atoms in total. The predicted molar refractivity (Wildman–Crippen MR) is 91.3 cm³/mol. The van der Waals surface area contributed by atoms with Crippen LogP contribution in [0.15, 0.2) is 29.2 Å². The molecule has 0 fully saturated rings. The average molecular weight is 392 g/mol. The molecular formula is C14H15F3N4O2S2. The van der Waals surface area contributed by atoms with Crippen molar-refractivity contribution in [3.05, 3.63) is 24.3 Å². The molecule has 0 radical (unpaired) electrons. The summed E-state index contributed by atoms with van der Waals surface area (Å²) in [5.41, 5.74) is -4.10. The van der Waals surface area contributed by atoms with Crippen molar-refractivity contribution >= 4 is 41.1 Å². The van der Waals surface area contributed by atoms with Gasteiger partial charge in [-0.2, -0.15) is 30.2 Å². The summed E-state index contributed by atoms with van der Waals surface area (Å²) in [6, 6.07) is 5.35. The number of thioether (sulfide) groups is 2. The standard InChI is InChI=1S/C14H15F3N4O2S2/c1-24-8-11(12(22)19-7-6-18)21-13(23)20-9-2-4-10(5-3-9)25-14(15,16)17/h2-5,11H,7-8H2,1H3,(H,19,22)(H2,20,21,23). The minimum Gasteiger partial charge on any atom is -0.341 e. The summed E-state index contributed by atoms with van der Waals surface area (Å²) in [7, 11) is 0. The summed E-state index contributed by atoms with van der Waals surface area (Å²) in [5, 5.41) is 15.7. The number of hydrogen-bond acceptors (Lipinski definition) is 5. The highest BCUT2D eigenvalue weighted by atomic mass is 32.2. The van der Waals surface area contributed by atoms with Crippen LogP contribution in [0.4, 0.5) is 23.7 Å². The predicted octanol–water partition coefficient (Wildman–Crippen LogP) is 2.79. The molecule has 0 aliphatic rings. The number of rotatable bonds is 7. The second kappa shape index (κ2) is 10.0. The number of halogens is 3. The van der Waals surface area contributed by atoms with Gasteiger partial charge in [-0.25, -0.2) is 4.79 Å². The fraction of sp³-hybridized carbons (Fsp3) is 0.357. The minimum atomic E-state index is -4.38. The van der Waals surface area contributed by atoms with Crippen LogP contribution in [0.1, 0.15) is 0 Å². The van der Waals surface area contributed by atoms with E-state index in [0.717, 1.165) is 0 Å². The maximum Gasteiger partial charge on any atom is 0.446 e. The third kappa shape index (κ3) is 8.55. The molecule has 0 spiro atoms. The fourth-order valence-corrected chi connectivity index (χ4v) is 2.77. The lowest BCUT2D eigenvalue weighted by Crippen LogP contribution is -2.49. The van der Waals surface area contributed by atoms with Gasteiger partial charge in [0.15, 0.2) is 0 Å². The zero-order valence-electron chi connectivity index (χ0n) is 13.0. The monoisotopic (exact) mass is 392 g/mol. The van der Waals surface area contributed by atoms with E-state index in [4.69, 9.17) is 5.26 Å². The Morgan fingerprint density at radius 2 is 1.92 bits per heavy atom. The van der Waals surface area contributed by atoms with Gasteiger partial charge in [-0.1, -0.05) is 0 Å². The molecule has 1 aromatic carbocycles. The van der Waals surface area contributed by atoms with E-state index in [1.807, 2.05) is 0 Å². The molecule has 1 rings (SSSR count). The molecule has 0 bridgehead atoms. The molecule has 11 heteroatoms.